The Morgan fingerprint density at radius 2 is 1.46 bits per heavy atom. The Hall–Kier alpha value is -2.12. The van der Waals surface area contributed by atoms with Crippen molar-refractivity contribution in [3.05, 3.63) is 0 Å². The van der Waals surface area contributed by atoms with Gasteiger partial charge in [-0.3, -0.25) is 19.2 Å². The molecule has 0 aromatic carbocycles. The topological polar surface area (TPSA) is 105 Å². The lowest BCUT2D eigenvalue weighted by Gasteiger charge is -2.64. The zero-order valence-corrected chi connectivity index (χ0v) is 23.4. The lowest BCUT2D eigenvalue weighted by molar-refractivity contribution is -0.224. The third kappa shape index (κ3) is 4.78. The minimum absolute atomic E-state index is 0.00143. The third-order valence-corrected chi connectivity index (χ3v) is 10.9. The highest BCUT2D eigenvalue weighted by atomic mass is 16.6. The van der Waals surface area contributed by atoms with Crippen LogP contribution in [0.4, 0.5) is 0 Å². The summed E-state index contributed by atoms with van der Waals surface area (Å²) in [6.07, 6.45) is 4.86. The van der Waals surface area contributed by atoms with E-state index in [0.717, 1.165) is 38.5 Å². The van der Waals surface area contributed by atoms with E-state index < -0.39 is 5.41 Å². The third-order valence-electron chi connectivity index (χ3n) is 10.9. The van der Waals surface area contributed by atoms with Crippen LogP contribution in [0.15, 0.2) is 0 Å². The van der Waals surface area contributed by atoms with E-state index in [1.165, 1.54) is 27.9 Å². The summed E-state index contributed by atoms with van der Waals surface area (Å²) in [5.41, 5.74) is -0.485. The van der Waals surface area contributed by atoms with Gasteiger partial charge in [-0.1, -0.05) is 20.8 Å². The van der Waals surface area contributed by atoms with Crippen LogP contribution in [0.5, 0.6) is 0 Å². The van der Waals surface area contributed by atoms with Crippen LogP contribution in [0.3, 0.4) is 0 Å². The second kappa shape index (κ2) is 10.2. The zero-order chi connectivity index (χ0) is 27.3. The summed E-state index contributed by atoms with van der Waals surface area (Å²) in [5.74, 6) is -0.776. The number of rotatable bonds is 5. The van der Waals surface area contributed by atoms with Gasteiger partial charge in [-0.15, -0.1) is 0 Å². The van der Waals surface area contributed by atoms with Crippen molar-refractivity contribution in [1.29, 1.82) is 0 Å². The number of hydrogen-bond acceptors (Lipinski definition) is 8. The van der Waals surface area contributed by atoms with Gasteiger partial charge in [0.1, 0.15) is 18.3 Å². The molecule has 0 spiro atoms. The Morgan fingerprint density at radius 3 is 2.05 bits per heavy atom. The predicted molar refractivity (Wildman–Crippen MR) is 134 cm³/mol. The Bertz CT molecular complexity index is 931. The second-order valence-corrected chi connectivity index (χ2v) is 12.6. The molecule has 4 rings (SSSR count). The van der Waals surface area contributed by atoms with Gasteiger partial charge in [-0.2, -0.15) is 0 Å². The van der Waals surface area contributed by atoms with E-state index in [-0.39, 0.29) is 83.1 Å². The molecule has 0 aromatic rings. The number of esters is 4. The molecule has 4 saturated carbocycles. The van der Waals surface area contributed by atoms with Crippen molar-refractivity contribution in [1.82, 2.24) is 0 Å². The van der Waals surface area contributed by atoms with Crippen LogP contribution in [0.1, 0.15) is 86.5 Å². The molecule has 0 saturated heterocycles. The summed E-state index contributed by atoms with van der Waals surface area (Å²) in [5, 5.41) is 0. The average Bonchev–Trinajstić information content (AvgIpc) is 3.16. The van der Waals surface area contributed by atoms with Gasteiger partial charge in [0.25, 0.3) is 0 Å². The molecule has 0 heterocycles. The van der Waals surface area contributed by atoms with Crippen molar-refractivity contribution >= 4 is 23.9 Å². The summed E-state index contributed by atoms with van der Waals surface area (Å²) in [7, 11) is 1.42. The van der Waals surface area contributed by atoms with Gasteiger partial charge in [0, 0.05) is 32.1 Å². The fraction of sp³-hybridized carbons (Fsp3) is 0.862. The first kappa shape index (κ1) is 27.9. The molecule has 0 N–H and O–H groups in total. The van der Waals surface area contributed by atoms with Crippen LogP contribution in [0, 0.1) is 46.3 Å². The van der Waals surface area contributed by atoms with Crippen LogP contribution < -0.4 is 0 Å². The molecule has 0 unspecified atom stereocenters. The summed E-state index contributed by atoms with van der Waals surface area (Å²) in [6.45, 7) is 10.8. The summed E-state index contributed by atoms with van der Waals surface area (Å²) in [6, 6.07) is 0. The Balaban J connectivity index is 1.75. The molecule has 4 fully saturated rings. The highest BCUT2D eigenvalue weighted by Crippen LogP contribution is 2.69. The first-order chi connectivity index (χ1) is 17.3. The van der Waals surface area contributed by atoms with Crippen molar-refractivity contribution in [2.75, 3.05) is 7.11 Å². The molecule has 0 bridgehead atoms. The normalized spacial score (nSPS) is 43.3. The molecule has 4 aliphatic rings. The second-order valence-electron chi connectivity index (χ2n) is 12.6. The standard InChI is InChI=1S/C29H44O8/c1-15(27(33)34-7)21-8-9-22-26-23(14-25(29(21,22)6)37-18(4)32)28(5)11-10-20(35-16(2)30)12-19(28)13-24(26)36-17(3)31/h15,19-26H,8-14H2,1-7H3/t15-,19-,20+,21+,22-,23-,24+,25-,26-,28-,29+/m0/s1. The van der Waals surface area contributed by atoms with E-state index in [0.29, 0.717) is 6.42 Å². The SMILES string of the molecule is COC(=O)[C@@H](C)[C@H]1CC[C@H]2[C@@H]3[C@H](OC(C)=O)C[C@@H]4C[C@H](OC(C)=O)CC[C@]4(C)[C@H]3C[C@H](OC(C)=O)[C@]12C. The lowest BCUT2D eigenvalue weighted by Crippen LogP contribution is -2.63. The minimum atomic E-state index is -0.434. The number of carbonyl (C=O) groups excluding carboxylic acids is 4. The monoisotopic (exact) mass is 520 g/mol. The Kier molecular flexibility index (Phi) is 7.70. The van der Waals surface area contributed by atoms with Crippen molar-refractivity contribution < 1.29 is 38.1 Å². The van der Waals surface area contributed by atoms with Gasteiger partial charge in [0.15, 0.2) is 0 Å². The summed E-state index contributed by atoms with van der Waals surface area (Å²) in [4.78, 5) is 49.0. The first-order valence-electron chi connectivity index (χ1n) is 13.9. The van der Waals surface area contributed by atoms with Crippen LogP contribution in [0.2, 0.25) is 0 Å². The largest absolute Gasteiger partial charge is 0.469 e. The van der Waals surface area contributed by atoms with Gasteiger partial charge in [-0.05, 0) is 74.0 Å². The van der Waals surface area contributed by atoms with Crippen molar-refractivity contribution in [2.45, 2.75) is 105 Å². The summed E-state index contributed by atoms with van der Waals surface area (Å²) >= 11 is 0. The average molecular weight is 521 g/mol. The lowest BCUT2D eigenvalue weighted by atomic mass is 9.43. The predicted octanol–water partition coefficient (Wildman–Crippen LogP) is 4.47. The number of ether oxygens (including phenoxy) is 4. The van der Waals surface area contributed by atoms with E-state index in [9.17, 15) is 19.2 Å². The molecule has 0 amide bonds. The maximum absolute atomic E-state index is 12.6. The van der Waals surface area contributed by atoms with Crippen molar-refractivity contribution in [3.8, 4) is 0 Å². The van der Waals surface area contributed by atoms with Gasteiger partial charge < -0.3 is 18.9 Å². The van der Waals surface area contributed by atoms with E-state index >= 15 is 0 Å². The molecule has 11 atom stereocenters. The Labute approximate surface area is 220 Å². The van der Waals surface area contributed by atoms with Crippen LogP contribution in [-0.2, 0) is 38.1 Å². The van der Waals surface area contributed by atoms with E-state index in [2.05, 4.69) is 13.8 Å². The minimum Gasteiger partial charge on any atom is -0.469 e. The van der Waals surface area contributed by atoms with Crippen molar-refractivity contribution in [2.24, 2.45) is 46.3 Å². The molecular weight excluding hydrogens is 476 g/mol. The number of fused-ring (bicyclic) bond motifs is 5. The maximum atomic E-state index is 12.6. The molecule has 0 radical (unpaired) electrons. The maximum Gasteiger partial charge on any atom is 0.308 e. The van der Waals surface area contributed by atoms with Crippen LogP contribution in [-0.4, -0.2) is 49.3 Å². The smallest absolute Gasteiger partial charge is 0.308 e. The molecule has 8 heteroatoms. The van der Waals surface area contributed by atoms with Gasteiger partial charge in [0.2, 0.25) is 0 Å². The van der Waals surface area contributed by atoms with E-state index in [1.807, 2.05) is 6.92 Å². The van der Waals surface area contributed by atoms with E-state index in [4.69, 9.17) is 18.9 Å². The van der Waals surface area contributed by atoms with Gasteiger partial charge in [0.05, 0.1) is 13.0 Å². The molecule has 208 valence electrons. The van der Waals surface area contributed by atoms with E-state index in [1.54, 1.807) is 0 Å². The van der Waals surface area contributed by atoms with Gasteiger partial charge in [-0.25, -0.2) is 0 Å². The number of hydrogen-bond donors (Lipinski definition) is 0. The van der Waals surface area contributed by atoms with Crippen molar-refractivity contribution in [3.63, 3.8) is 0 Å². The van der Waals surface area contributed by atoms with Crippen LogP contribution >= 0.6 is 0 Å². The first-order valence-corrected chi connectivity index (χ1v) is 13.9. The molecule has 4 aliphatic carbocycles. The molecular formula is C29H44O8. The highest BCUT2D eigenvalue weighted by molar-refractivity contribution is 5.72. The molecule has 8 nitrogen and oxygen atoms in total. The molecule has 37 heavy (non-hydrogen) atoms. The van der Waals surface area contributed by atoms with Gasteiger partial charge >= 0.3 is 23.9 Å². The number of carbonyl (C=O) groups is 4. The fourth-order valence-electron chi connectivity index (χ4n) is 9.36. The number of methoxy groups -OCH3 is 1. The molecule has 0 aliphatic heterocycles. The summed E-state index contributed by atoms with van der Waals surface area (Å²) < 4.78 is 22.9. The highest BCUT2D eigenvalue weighted by Gasteiger charge is 2.68. The quantitative estimate of drug-likeness (QED) is 0.386. The van der Waals surface area contributed by atoms with Crippen LogP contribution in [0.25, 0.3) is 0 Å². The Morgan fingerprint density at radius 1 is 0.811 bits per heavy atom. The zero-order valence-electron chi connectivity index (χ0n) is 23.4. The fourth-order valence-corrected chi connectivity index (χ4v) is 9.36. The molecule has 0 aromatic heterocycles.